The summed E-state index contributed by atoms with van der Waals surface area (Å²) in [5.41, 5.74) is 1.85. The Morgan fingerprint density at radius 2 is 1.48 bits per heavy atom. The first-order valence-electron chi connectivity index (χ1n) is 19.1. The van der Waals surface area contributed by atoms with Crippen molar-refractivity contribution in [3.05, 3.63) is 90.0 Å². The molecule has 4 aliphatic rings. The zero-order valence-corrected chi connectivity index (χ0v) is 31.6. The van der Waals surface area contributed by atoms with E-state index >= 15 is 0 Å². The highest BCUT2D eigenvalue weighted by Crippen LogP contribution is 2.40. The van der Waals surface area contributed by atoms with Gasteiger partial charge in [-0.05, 0) is 61.8 Å². The highest BCUT2D eigenvalue weighted by Gasteiger charge is 2.54. The molecular weight excluding hydrogens is 686 g/mol. The van der Waals surface area contributed by atoms with Crippen LogP contribution in [0.2, 0.25) is 0 Å². The number of para-hydroxylation sites is 1. The average molecular weight is 740 g/mol. The number of benzene rings is 2. The third kappa shape index (κ3) is 8.24. The van der Waals surface area contributed by atoms with E-state index in [1.165, 1.54) is 7.11 Å². The molecule has 6 rings (SSSR count). The van der Waals surface area contributed by atoms with Crippen molar-refractivity contribution >= 4 is 35.5 Å². The second kappa shape index (κ2) is 16.8. The van der Waals surface area contributed by atoms with Gasteiger partial charge in [0, 0.05) is 44.3 Å². The number of esters is 1. The van der Waals surface area contributed by atoms with Crippen LogP contribution in [0.25, 0.3) is 0 Å². The number of hydrogen-bond donors (Lipinski definition) is 3. The predicted octanol–water partition coefficient (Wildman–Crippen LogP) is 4.17. The Morgan fingerprint density at radius 1 is 0.852 bits per heavy atom. The van der Waals surface area contributed by atoms with Gasteiger partial charge in [0.25, 0.3) is 0 Å². The Balaban J connectivity index is 1.05. The summed E-state index contributed by atoms with van der Waals surface area (Å²) < 4.78 is 4.99. The van der Waals surface area contributed by atoms with Gasteiger partial charge in [0.2, 0.25) is 11.8 Å². The molecule has 3 saturated heterocycles. The zero-order chi connectivity index (χ0) is 38.3. The van der Waals surface area contributed by atoms with Crippen LogP contribution in [-0.4, -0.2) is 108 Å². The molecule has 0 bridgehead atoms. The van der Waals surface area contributed by atoms with Crippen LogP contribution in [-0.2, 0) is 25.7 Å². The van der Waals surface area contributed by atoms with Gasteiger partial charge in [-0.2, -0.15) is 0 Å². The zero-order valence-electron chi connectivity index (χ0n) is 31.6. The fourth-order valence-electron chi connectivity index (χ4n) is 8.08. The van der Waals surface area contributed by atoms with Crippen LogP contribution in [0.1, 0.15) is 57.9 Å². The normalized spacial score (nSPS) is 19.7. The molecule has 3 aliphatic heterocycles. The summed E-state index contributed by atoms with van der Waals surface area (Å²) in [7, 11) is 1.24. The monoisotopic (exact) mass is 739 g/mol. The van der Waals surface area contributed by atoms with Crippen LogP contribution < -0.4 is 20.9 Å². The number of carbonyl (C=O) groups excluding carboxylic acids is 5. The summed E-state index contributed by atoms with van der Waals surface area (Å²) in [6.07, 6.45) is 9.92. The van der Waals surface area contributed by atoms with Crippen LogP contribution in [0.15, 0.2) is 84.5 Å². The van der Waals surface area contributed by atoms with E-state index in [0.717, 1.165) is 29.7 Å². The third-order valence-corrected chi connectivity index (χ3v) is 11.3. The lowest BCUT2D eigenvalue weighted by Crippen LogP contribution is -2.61. The number of nitrogens with zero attached hydrogens (tertiary/aromatic N) is 4. The van der Waals surface area contributed by atoms with Crippen LogP contribution in [0, 0.1) is 5.92 Å². The highest BCUT2D eigenvalue weighted by molar-refractivity contribution is 5.94. The maximum absolute atomic E-state index is 14.1. The minimum absolute atomic E-state index is 0.0258. The van der Waals surface area contributed by atoms with Crippen molar-refractivity contribution in [3.63, 3.8) is 0 Å². The number of methoxy groups -OCH3 is 1. The molecule has 0 saturated carbocycles. The lowest BCUT2D eigenvalue weighted by Gasteiger charge is -2.45. The molecule has 54 heavy (non-hydrogen) atoms. The van der Waals surface area contributed by atoms with E-state index in [1.54, 1.807) is 9.80 Å². The summed E-state index contributed by atoms with van der Waals surface area (Å²) >= 11 is 0. The van der Waals surface area contributed by atoms with E-state index in [9.17, 15) is 24.0 Å². The van der Waals surface area contributed by atoms with Crippen molar-refractivity contribution < 1.29 is 28.7 Å². The maximum Gasteiger partial charge on any atom is 0.330 e. The second-order valence-electron chi connectivity index (χ2n) is 15.0. The molecule has 0 aromatic heterocycles. The Bertz CT molecular complexity index is 1730. The number of rotatable bonds is 10. The Hall–Kier alpha value is -5.33. The minimum Gasteiger partial charge on any atom is -0.467 e. The maximum atomic E-state index is 14.1. The average Bonchev–Trinajstić information content (AvgIpc) is 3.46. The van der Waals surface area contributed by atoms with Crippen molar-refractivity contribution in [2.24, 2.45) is 5.92 Å². The molecule has 13 nitrogen and oxygen atoms in total. The first-order chi connectivity index (χ1) is 26.0. The molecular formula is C41H53N7O6. The van der Waals surface area contributed by atoms with Gasteiger partial charge >= 0.3 is 18.0 Å². The van der Waals surface area contributed by atoms with Gasteiger partial charge in [-0.1, -0.05) is 80.6 Å². The summed E-state index contributed by atoms with van der Waals surface area (Å²) in [6, 6.07) is 17.9. The first kappa shape index (κ1) is 38.4. The topological polar surface area (TPSA) is 144 Å². The van der Waals surface area contributed by atoms with Gasteiger partial charge in [0.05, 0.1) is 25.9 Å². The number of nitrogens with one attached hydrogen (secondary N) is 3. The molecule has 13 heteroatoms. The van der Waals surface area contributed by atoms with E-state index in [1.807, 2.05) is 85.5 Å². The van der Waals surface area contributed by atoms with Gasteiger partial charge in [-0.15, -0.1) is 0 Å². The Kier molecular flexibility index (Phi) is 11.9. The number of likely N-dealkylation sites (tertiary alicyclic amines) is 2. The minimum atomic E-state index is -1.11. The lowest BCUT2D eigenvalue weighted by molar-refractivity contribution is -0.142. The Morgan fingerprint density at radius 3 is 2.09 bits per heavy atom. The van der Waals surface area contributed by atoms with Crippen molar-refractivity contribution in [3.8, 4) is 0 Å². The fourth-order valence-corrected chi connectivity index (χ4v) is 8.08. The van der Waals surface area contributed by atoms with Crippen LogP contribution in [0.3, 0.4) is 0 Å². The molecule has 288 valence electrons. The summed E-state index contributed by atoms with van der Waals surface area (Å²) in [5, 5.41) is 8.87. The number of ether oxygens (including phenoxy) is 1. The van der Waals surface area contributed by atoms with E-state index in [4.69, 9.17) is 4.74 Å². The van der Waals surface area contributed by atoms with Gasteiger partial charge in [0.1, 0.15) is 11.6 Å². The smallest absolute Gasteiger partial charge is 0.330 e. The molecule has 1 spiro atoms. The molecule has 2 aromatic rings. The predicted molar refractivity (Wildman–Crippen MR) is 205 cm³/mol. The van der Waals surface area contributed by atoms with Gasteiger partial charge in [0.15, 0.2) is 0 Å². The molecule has 1 unspecified atom stereocenters. The molecule has 3 N–H and O–H groups in total. The number of piperidine rings is 2. The van der Waals surface area contributed by atoms with E-state index in [0.29, 0.717) is 65.1 Å². The highest BCUT2D eigenvalue weighted by atomic mass is 16.5. The van der Waals surface area contributed by atoms with Crippen molar-refractivity contribution in [1.29, 1.82) is 0 Å². The molecule has 0 radical (unpaired) electrons. The van der Waals surface area contributed by atoms with E-state index < -0.39 is 29.1 Å². The molecule has 3 heterocycles. The SMILES string of the molecule is COC(=O)C(CNC(=O)N1CCC2(CC1)C(=O)N(Cc1ccccc1)CN2c1ccccc1)NC(=O)N1CCC(NC(=O)C(C)C)(C2=CC=CCC2)CC1. The largest absolute Gasteiger partial charge is 0.467 e. The van der Waals surface area contributed by atoms with Gasteiger partial charge < -0.3 is 40.3 Å². The standard InChI is InChI=1S/C41H53N7O6/c1-30(2)35(49)44-40(32-15-9-5-10-16-32)19-23-46(24-20-40)39(53)43-34(36(50)54-3)27-42-38(52)45-25-21-41(22-26-45)37(51)47(28-31-13-7-4-8-14-31)29-48(41)33-17-11-6-12-18-33/h4-9,11-15,17-18,30,34H,10,16,19-29H2,1-3H3,(H,42,52)(H,43,53)(H,44,49). The van der Waals surface area contributed by atoms with E-state index in [-0.39, 0.29) is 30.3 Å². The number of urea groups is 2. The summed E-state index contributed by atoms with van der Waals surface area (Å²) in [4.78, 5) is 74.1. The number of allylic oxidation sites excluding steroid dienone is 3. The van der Waals surface area contributed by atoms with Gasteiger partial charge in [-0.3, -0.25) is 9.59 Å². The quantitative estimate of drug-likeness (QED) is 0.311. The van der Waals surface area contributed by atoms with E-state index in [2.05, 4.69) is 33.0 Å². The summed E-state index contributed by atoms with van der Waals surface area (Å²) in [6.45, 7) is 5.94. The number of hydrogen-bond acceptors (Lipinski definition) is 7. The number of amides is 6. The van der Waals surface area contributed by atoms with Crippen molar-refractivity contribution in [2.45, 2.75) is 76.0 Å². The molecule has 3 fully saturated rings. The Labute approximate surface area is 317 Å². The number of anilines is 1. The van der Waals surface area contributed by atoms with Crippen LogP contribution in [0.4, 0.5) is 15.3 Å². The fraction of sp³-hybridized carbons (Fsp3) is 0.488. The molecule has 1 atom stereocenters. The molecule has 2 aromatic carbocycles. The van der Waals surface area contributed by atoms with Gasteiger partial charge in [-0.25, -0.2) is 14.4 Å². The van der Waals surface area contributed by atoms with Crippen molar-refractivity contribution in [2.75, 3.05) is 51.4 Å². The number of carbonyl (C=O) groups is 5. The first-order valence-corrected chi connectivity index (χ1v) is 19.1. The summed E-state index contributed by atoms with van der Waals surface area (Å²) in [5.74, 6) is -0.825. The second-order valence-corrected chi connectivity index (χ2v) is 15.0. The molecule has 6 amide bonds. The third-order valence-electron chi connectivity index (χ3n) is 11.3. The van der Waals surface area contributed by atoms with Crippen LogP contribution >= 0.6 is 0 Å². The molecule has 1 aliphatic carbocycles. The van der Waals surface area contributed by atoms with Crippen molar-refractivity contribution in [1.82, 2.24) is 30.7 Å². The lowest BCUT2D eigenvalue weighted by atomic mass is 9.77. The van der Waals surface area contributed by atoms with Crippen LogP contribution in [0.5, 0.6) is 0 Å².